The molecule has 0 amide bonds. The second kappa shape index (κ2) is 6.75. The van der Waals surface area contributed by atoms with Gasteiger partial charge in [-0.25, -0.2) is 9.37 Å². The molecule has 118 valence electrons. The van der Waals surface area contributed by atoms with Gasteiger partial charge in [0.05, 0.1) is 5.52 Å². The van der Waals surface area contributed by atoms with Crippen LogP contribution >= 0.6 is 0 Å². The SMILES string of the molecule is CN(C)Cc1ccc(CNc2ccc3ccccc3n2)cc1F. The molecule has 23 heavy (non-hydrogen) atoms. The lowest BCUT2D eigenvalue weighted by atomic mass is 10.1. The van der Waals surface area contributed by atoms with Gasteiger partial charge in [0.2, 0.25) is 0 Å². The van der Waals surface area contributed by atoms with Crippen molar-refractivity contribution >= 4 is 16.7 Å². The number of fused-ring (bicyclic) bond motifs is 1. The molecule has 1 aromatic heterocycles. The summed E-state index contributed by atoms with van der Waals surface area (Å²) in [6, 6.07) is 17.3. The zero-order valence-electron chi connectivity index (χ0n) is 13.4. The molecule has 3 nitrogen and oxygen atoms in total. The van der Waals surface area contributed by atoms with Gasteiger partial charge in [0, 0.05) is 24.0 Å². The number of para-hydroxylation sites is 1. The first kappa shape index (κ1) is 15.4. The van der Waals surface area contributed by atoms with Crippen molar-refractivity contribution in [2.45, 2.75) is 13.1 Å². The molecule has 0 aliphatic heterocycles. The molecule has 4 heteroatoms. The Morgan fingerprint density at radius 3 is 2.65 bits per heavy atom. The molecule has 0 spiro atoms. The number of hydrogen-bond acceptors (Lipinski definition) is 3. The number of hydrogen-bond donors (Lipinski definition) is 1. The van der Waals surface area contributed by atoms with Gasteiger partial charge < -0.3 is 10.2 Å². The molecule has 0 fully saturated rings. The molecule has 3 rings (SSSR count). The molecule has 1 N–H and O–H groups in total. The summed E-state index contributed by atoms with van der Waals surface area (Å²) in [4.78, 5) is 6.51. The minimum Gasteiger partial charge on any atom is -0.366 e. The Morgan fingerprint density at radius 2 is 1.87 bits per heavy atom. The van der Waals surface area contributed by atoms with Gasteiger partial charge >= 0.3 is 0 Å². The van der Waals surface area contributed by atoms with E-state index >= 15 is 0 Å². The average Bonchev–Trinajstić information content (AvgIpc) is 2.54. The smallest absolute Gasteiger partial charge is 0.128 e. The number of rotatable bonds is 5. The first-order valence-corrected chi connectivity index (χ1v) is 7.63. The molecule has 1 heterocycles. The third kappa shape index (κ3) is 3.85. The summed E-state index contributed by atoms with van der Waals surface area (Å²) in [5, 5.41) is 4.36. The molecule has 2 aromatic carbocycles. The van der Waals surface area contributed by atoms with Crippen LogP contribution in [0.2, 0.25) is 0 Å². The third-order valence-corrected chi connectivity index (χ3v) is 3.68. The van der Waals surface area contributed by atoms with Crippen LogP contribution < -0.4 is 5.32 Å². The van der Waals surface area contributed by atoms with E-state index in [1.807, 2.05) is 67.5 Å². The largest absolute Gasteiger partial charge is 0.366 e. The predicted molar refractivity (Wildman–Crippen MR) is 92.9 cm³/mol. The zero-order valence-corrected chi connectivity index (χ0v) is 13.4. The topological polar surface area (TPSA) is 28.2 Å². The molecule has 0 unspecified atom stereocenters. The number of anilines is 1. The van der Waals surface area contributed by atoms with Crippen molar-refractivity contribution in [2.75, 3.05) is 19.4 Å². The first-order valence-electron chi connectivity index (χ1n) is 7.63. The number of benzene rings is 2. The van der Waals surface area contributed by atoms with Crippen LogP contribution in [0.25, 0.3) is 10.9 Å². The lowest BCUT2D eigenvalue weighted by Gasteiger charge is -2.12. The summed E-state index contributed by atoms with van der Waals surface area (Å²) < 4.78 is 14.1. The highest BCUT2D eigenvalue weighted by Gasteiger charge is 2.05. The molecule has 0 aliphatic rings. The van der Waals surface area contributed by atoms with E-state index in [-0.39, 0.29) is 5.82 Å². The van der Waals surface area contributed by atoms with Gasteiger partial charge in [-0.2, -0.15) is 0 Å². The van der Waals surface area contributed by atoms with Gasteiger partial charge in [-0.15, -0.1) is 0 Å². The summed E-state index contributed by atoms with van der Waals surface area (Å²) in [6.07, 6.45) is 0. The van der Waals surface area contributed by atoms with Crippen molar-refractivity contribution in [2.24, 2.45) is 0 Å². The third-order valence-electron chi connectivity index (χ3n) is 3.68. The molecule has 0 radical (unpaired) electrons. The maximum Gasteiger partial charge on any atom is 0.128 e. The van der Waals surface area contributed by atoms with Gasteiger partial charge in [0.1, 0.15) is 11.6 Å². The van der Waals surface area contributed by atoms with Crippen molar-refractivity contribution in [1.29, 1.82) is 0 Å². The molecule has 3 aromatic rings. The number of aromatic nitrogens is 1. The van der Waals surface area contributed by atoms with E-state index in [0.717, 1.165) is 22.3 Å². The van der Waals surface area contributed by atoms with E-state index in [0.29, 0.717) is 18.7 Å². The fourth-order valence-corrected chi connectivity index (χ4v) is 2.53. The second-order valence-corrected chi connectivity index (χ2v) is 5.91. The van der Waals surface area contributed by atoms with Gasteiger partial charge in [-0.3, -0.25) is 0 Å². The second-order valence-electron chi connectivity index (χ2n) is 5.91. The van der Waals surface area contributed by atoms with Crippen LogP contribution in [-0.4, -0.2) is 24.0 Å². The van der Waals surface area contributed by atoms with Gasteiger partial charge in [-0.05, 0) is 43.9 Å². The number of pyridine rings is 1. The quantitative estimate of drug-likeness (QED) is 0.771. The predicted octanol–water partition coefficient (Wildman–Crippen LogP) is 4.05. The van der Waals surface area contributed by atoms with Crippen LogP contribution in [0.15, 0.2) is 54.6 Å². The summed E-state index contributed by atoms with van der Waals surface area (Å²) in [6.45, 7) is 1.15. The van der Waals surface area contributed by atoms with Gasteiger partial charge in [0.25, 0.3) is 0 Å². The summed E-state index contributed by atoms with van der Waals surface area (Å²) in [5.74, 6) is 0.631. The van der Waals surface area contributed by atoms with Crippen LogP contribution in [0.3, 0.4) is 0 Å². The average molecular weight is 309 g/mol. The minimum absolute atomic E-state index is 0.163. The molecule has 0 bridgehead atoms. The van der Waals surface area contributed by atoms with Crippen LogP contribution in [0.1, 0.15) is 11.1 Å². The molecule has 0 saturated carbocycles. The van der Waals surface area contributed by atoms with E-state index in [1.165, 1.54) is 0 Å². The highest BCUT2D eigenvalue weighted by atomic mass is 19.1. The monoisotopic (exact) mass is 309 g/mol. The zero-order chi connectivity index (χ0) is 16.2. The van der Waals surface area contributed by atoms with Crippen molar-refractivity contribution in [3.05, 3.63) is 71.5 Å². The summed E-state index contributed by atoms with van der Waals surface area (Å²) in [7, 11) is 3.86. The van der Waals surface area contributed by atoms with E-state index in [1.54, 1.807) is 6.07 Å². The van der Waals surface area contributed by atoms with Crippen molar-refractivity contribution in [3.8, 4) is 0 Å². The lowest BCUT2D eigenvalue weighted by molar-refractivity contribution is 0.392. The number of nitrogens with one attached hydrogen (secondary N) is 1. The van der Waals surface area contributed by atoms with E-state index in [2.05, 4.69) is 10.3 Å². The number of nitrogens with zero attached hydrogens (tertiary/aromatic N) is 2. The normalized spacial score (nSPS) is 11.1. The Labute approximate surface area is 135 Å². The molecule has 0 aliphatic carbocycles. The molecule has 0 atom stereocenters. The van der Waals surface area contributed by atoms with Crippen LogP contribution in [0, 0.1) is 5.82 Å². The van der Waals surface area contributed by atoms with E-state index < -0.39 is 0 Å². The van der Waals surface area contributed by atoms with Gasteiger partial charge in [0.15, 0.2) is 0 Å². The Kier molecular flexibility index (Phi) is 4.53. The van der Waals surface area contributed by atoms with Crippen molar-refractivity contribution in [1.82, 2.24) is 9.88 Å². The Morgan fingerprint density at radius 1 is 1.04 bits per heavy atom. The molecule has 0 saturated heterocycles. The van der Waals surface area contributed by atoms with Crippen LogP contribution in [-0.2, 0) is 13.1 Å². The Bertz CT molecular complexity index is 815. The van der Waals surface area contributed by atoms with Crippen LogP contribution in [0.5, 0.6) is 0 Å². The highest BCUT2D eigenvalue weighted by molar-refractivity contribution is 5.80. The maximum absolute atomic E-state index is 14.1. The van der Waals surface area contributed by atoms with E-state index in [9.17, 15) is 4.39 Å². The number of halogens is 1. The fraction of sp³-hybridized carbons (Fsp3) is 0.211. The maximum atomic E-state index is 14.1. The van der Waals surface area contributed by atoms with Crippen molar-refractivity contribution in [3.63, 3.8) is 0 Å². The highest BCUT2D eigenvalue weighted by Crippen LogP contribution is 2.16. The minimum atomic E-state index is -0.163. The van der Waals surface area contributed by atoms with Gasteiger partial charge in [-0.1, -0.05) is 30.3 Å². The Hall–Kier alpha value is -2.46. The molecular weight excluding hydrogens is 289 g/mol. The first-order chi connectivity index (χ1) is 11.1. The van der Waals surface area contributed by atoms with Crippen molar-refractivity contribution < 1.29 is 4.39 Å². The summed E-state index contributed by atoms with van der Waals surface area (Å²) in [5.41, 5.74) is 2.56. The van der Waals surface area contributed by atoms with Crippen LogP contribution in [0.4, 0.5) is 10.2 Å². The van der Waals surface area contributed by atoms with E-state index in [4.69, 9.17) is 0 Å². The fourth-order valence-electron chi connectivity index (χ4n) is 2.53. The molecular formula is C19H20FN3. The standard InChI is InChI=1S/C19H20FN3/c1-23(2)13-16-8-7-14(11-17(16)20)12-21-19-10-9-15-5-3-4-6-18(15)22-19/h3-11H,12-13H2,1-2H3,(H,21,22). The summed E-state index contributed by atoms with van der Waals surface area (Å²) >= 11 is 0. The Balaban J connectivity index is 1.70. The lowest BCUT2D eigenvalue weighted by Crippen LogP contribution is -2.12.